The minimum absolute atomic E-state index is 0.161. The minimum Gasteiger partial charge on any atom is -0.494 e. The molecule has 0 bridgehead atoms. The highest BCUT2D eigenvalue weighted by Gasteiger charge is 2.02. The smallest absolute Gasteiger partial charge is 0.329 e. The number of nitrogens with one attached hydrogen (secondary N) is 1. The third-order valence-electron chi connectivity index (χ3n) is 2.60. The second kappa shape index (κ2) is 5.90. The number of hydrogen-bond donors (Lipinski definition) is 2. The van der Waals surface area contributed by atoms with Crippen LogP contribution < -0.4 is 21.7 Å². The van der Waals surface area contributed by atoms with Crippen LogP contribution in [0.1, 0.15) is 6.42 Å². The summed E-state index contributed by atoms with van der Waals surface area (Å²) in [5, 5.41) is 0. The number of nitrogens with zero attached hydrogens (tertiary/aromatic N) is 1. The Bertz CT molecular complexity index is 646. The quantitative estimate of drug-likeness (QED) is 0.771. The Morgan fingerprint density at radius 2 is 1.95 bits per heavy atom. The van der Waals surface area contributed by atoms with E-state index in [1.165, 1.54) is 10.6 Å². The normalized spacial score (nSPS) is 10.3. The molecular weight excluding hydrogens is 246 g/mol. The van der Waals surface area contributed by atoms with Crippen molar-refractivity contribution in [3.05, 3.63) is 57.2 Å². The van der Waals surface area contributed by atoms with Crippen molar-refractivity contribution in [3.63, 3.8) is 0 Å². The molecule has 0 aliphatic rings. The molecule has 0 saturated carbocycles. The molecule has 0 spiro atoms. The van der Waals surface area contributed by atoms with Crippen molar-refractivity contribution >= 4 is 5.82 Å². The van der Waals surface area contributed by atoms with Gasteiger partial charge < -0.3 is 10.5 Å². The van der Waals surface area contributed by atoms with Crippen molar-refractivity contribution < 1.29 is 4.74 Å². The lowest BCUT2D eigenvalue weighted by molar-refractivity contribution is 0.301. The maximum Gasteiger partial charge on any atom is 0.329 e. The zero-order chi connectivity index (χ0) is 13.7. The van der Waals surface area contributed by atoms with E-state index in [1.807, 2.05) is 30.3 Å². The second-order valence-electron chi connectivity index (χ2n) is 4.03. The van der Waals surface area contributed by atoms with E-state index < -0.39 is 11.2 Å². The summed E-state index contributed by atoms with van der Waals surface area (Å²) in [6, 6.07) is 10.6. The van der Waals surface area contributed by atoms with Gasteiger partial charge in [-0.05, 0) is 18.6 Å². The number of ether oxygens (including phenoxy) is 1. The maximum atomic E-state index is 11.5. The summed E-state index contributed by atoms with van der Waals surface area (Å²) in [5.41, 5.74) is 4.64. The van der Waals surface area contributed by atoms with Gasteiger partial charge in [-0.3, -0.25) is 14.3 Å². The van der Waals surface area contributed by atoms with Crippen molar-refractivity contribution in [3.8, 4) is 5.75 Å². The topological polar surface area (TPSA) is 90.1 Å². The summed E-state index contributed by atoms with van der Waals surface area (Å²) >= 11 is 0. The first kappa shape index (κ1) is 12.9. The van der Waals surface area contributed by atoms with E-state index in [4.69, 9.17) is 10.5 Å². The summed E-state index contributed by atoms with van der Waals surface area (Å²) in [6.45, 7) is 0.864. The summed E-state index contributed by atoms with van der Waals surface area (Å²) in [5.74, 6) is 0.942. The van der Waals surface area contributed by atoms with Gasteiger partial charge in [0.15, 0.2) is 0 Å². The Kier molecular flexibility index (Phi) is 4.02. The van der Waals surface area contributed by atoms with Gasteiger partial charge in [0.05, 0.1) is 6.61 Å². The number of rotatable bonds is 5. The monoisotopic (exact) mass is 261 g/mol. The lowest BCUT2D eigenvalue weighted by atomic mass is 10.3. The van der Waals surface area contributed by atoms with E-state index in [0.717, 1.165) is 5.75 Å². The molecule has 2 rings (SSSR count). The van der Waals surface area contributed by atoms with Gasteiger partial charge in [-0.1, -0.05) is 18.2 Å². The van der Waals surface area contributed by atoms with Gasteiger partial charge in [0.1, 0.15) is 11.6 Å². The van der Waals surface area contributed by atoms with Gasteiger partial charge in [0.25, 0.3) is 5.56 Å². The van der Waals surface area contributed by atoms with Crippen molar-refractivity contribution in [2.24, 2.45) is 0 Å². The van der Waals surface area contributed by atoms with E-state index in [9.17, 15) is 9.59 Å². The van der Waals surface area contributed by atoms with E-state index in [-0.39, 0.29) is 5.82 Å². The average Bonchev–Trinajstić information content (AvgIpc) is 2.38. The second-order valence-corrected chi connectivity index (χ2v) is 4.03. The van der Waals surface area contributed by atoms with Crippen LogP contribution in [0.4, 0.5) is 5.82 Å². The maximum absolute atomic E-state index is 11.5. The number of hydrogen-bond acceptors (Lipinski definition) is 4. The molecule has 0 atom stereocenters. The molecular formula is C13H15N3O3. The highest BCUT2D eigenvalue weighted by atomic mass is 16.5. The van der Waals surface area contributed by atoms with Crippen LogP contribution in [0, 0.1) is 0 Å². The number of nitrogen functional groups attached to an aromatic ring is 1. The molecule has 19 heavy (non-hydrogen) atoms. The van der Waals surface area contributed by atoms with Crippen LogP contribution in [0.2, 0.25) is 0 Å². The van der Waals surface area contributed by atoms with Crippen LogP contribution in [-0.4, -0.2) is 16.2 Å². The third kappa shape index (κ3) is 3.48. The molecule has 1 aromatic heterocycles. The molecule has 0 fully saturated rings. The first-order chi connectivity index (χ1) is 9.16. The lowest BCUT2D eigenvalue weighted by Gasteiger charge is -2.09. The number of nitrogens with two attached hydrogens (primary N) is 1. The molecule has 0 amide bonds. The first-order valence-corrected chi connectivity index (χ1v) is 5.94. The zero-order valence-electron chi connectivity index (χ0n) is 10.3. The van der Waals surface area contributed by atoms with Crippen LogP contribution in [0.5, 0.6) is 5.75 Å². The van der Waals surface area contributed by atoms with E-state index in [1.54, 1.807) is 0 Å². The first-order valence-electron chi connectivity index (χ1n) is 5.94. The van der Waals surface area contributed by atoms with Gasteiger partial charge in [-0.2, -0.15) is 0 Å². The number of H-pyrrole nitrogens is 1. The van der Waals surface area contributed by atoms with Gasteiger partial charge in [-0.25, -0.2) is 4.79 Å². The SMILES string of the molecule is Nc1cc(=O)[nH]c(=O)n1CCCOc1ccccc1. The molecule has 0 radical (unpaired) electrons. The largest absolute Gasteiger partial charge is 0.494 e. The number of para-hydroxylation sites is 1. The molecule has 100 valence electrons. The Balaban J connectivity index is 1.90. The summed E-state index contributed by atoms with van der Waals surface area (Å²) < 4.78 is 6.82. The zero-order valence-corrected chi connectivity index (χ0v) is 10.3. The van der Waals surface area contributed by atoms with Gasteiger partial charge in [0.2, 0.25) is 0 Å². The highest BCUT2D eigenvalue weighted by Crippen LogP contribution is 2.08. The minimum atomic E-state index is -0.496. The summed E-state index contributed by atoms with van der Waals surface area (Å²) in [6.07, 6.45) is 0.616. The predicted molar refractivity (Wildman–Crippen MR) is 72.3 cm³/mol. The molecule has 6 nitrogen and oxygen atoms in total. The van der Waals surface area contributed by atoms with Crippen molar-refractivity contribution in [1.29, 1.82) is 0 Å². The number of anilines is 1. The Morgan fingerprint density at radius 1 is 1.21 bits per heavy atom. The van der Waals surface area contributed by atoms with Crippen LogP contribution in [0.3, 0.4) is 0 Å². The average molecular weight is 261 g/mol. The van der Waals surface area contributed by atoms with Crippen LogP contribution in [0.25, 0.3) is 0 Å². The fourth-order valence-electron chi connectivity index (χ4n) is 1.70. The van der Waals surface area contributed by atoms with Crippen molar-refractivity contribution in [1.82, 2.24) is 9.55 Å². The van der Waals surface area contributed by atoms with Crippen molar-refractivity contribution in [2.45, 2.75) is 13.0 Å². The molecule has 2 aromatic rings. The fraction of sp³-hybridized carbons (Fsp3) is 0.231. The van der Waals surface area contributed by atoms with Gasteiger partial charge in [0, 0.05) is 12.6 Å². The summed E-state index contributed by atoms with van der Waals surface area (Å²) in [7, 11) is 0. The predicted octanol–water partition coefficient (Wildman–Crippen LogP) is 0.588. The van der Waals surface area contributed by atoms with E-state index in [0.29, 0.717) is 19.6 Å². The van der Waals surface area contributed by atoms with Crippen molar-refractivity contribution in [2.75, 3.05) is 12.3 Å². The number of benzene rings is 1. The van der Waals surface area contributed by atoms with Gasteiger partial charge >= 0.3 is 5.69 Å². The van der Waals surface area contributed by atoms with Crippen LogP contribution in [0.15, 0.2) is 46.0 Å². The van der Waals surface area contributed by atoms with Crippen LogP contribution in [-0.2, 0) is 6.54 Å². The van der Waals surface area contributed by atoms with Gasteiger partial charge in [-0.15, -0.1) is 0 Å². The lowest BCUT2D eigenvalue weighted by Crippen LogP contribution is -2.31. The molecule has 6 heteroatoms. The number of aromatic amines is 1. The molecule has 0 saturated heterocycles. The van der Waals surface area contributed by atoms with Crippen LogP contribution >= 0.6 is 0 Å². The third-order valence-corrected chi connectivity index (χ3v) is 2.60. The molecule has 3 N–H and O–H groups in total. The Labute approximate surface area is 109 Å². The summed E-state index contributed by atoms with van der Waals surface area (Å²) in [4.78, 5) is 24.7. The standard InChI is InChI=1S/C13H15N3O3/c14-11-9-12(17)15-13(18)16(11)7-4-8-19-10-5-2-1-3-6-10/h1-3,5-6,9H,4,7-8,14H2,(H,15,17,18). The van der Waals surface area contributed by atoms with E-state index >= 15 is 0 Å². The number of aromatic nitrogens is 2. The molecule has 0 unspecified atom stereocenters. The molecule has 1 heterocycles. The fourth-order valence-corrected chi connectivity index (χ4v) is 1.70. The Morgan fingerprint density at radius 3 is 2.63 bits per heavy atom. The van der Waals surface area contributed by atoms with E-state index in [2.05, 4.69) is 4.98 Å². The molecule has 0 aliphatic heterocycles. The highest BCUT2D eigenvalue weighted by molar-refractivity contribution is 5.26. The molecule has 1 aromatic carbocycles. The Hall–Kier alpha value is -2.50. The molecule has 0 aliphatic carbocycles.